The fourth-order valence-corrected chi connectivity index (χ4v) is 4.05. The summed E-state index contributed by atoms with van der Waals surface area (Å²) in [6.45, 7) is 5.05. The van der Waals surface area contributed by atoms with Crippen LogP contribution < -0.4 is 5.32 Å². The fourth-order valence-electron chi connectivity index (χ4n) is 4.05. The van der Waals surface area contributed by atoms with Gasteiger partial charge in [0.25, 0.3) is 0 Å². The molecule has 0 radical (unpaired) electrons. The number of amides is 3. The Labute approximate surface area is 150 Å². The summed E-state index contributed by atoms with van der Waals surface area (Å²) in [6, 6.07) is 10.5. The lowest BCUT2D eigenvalue weighted by molar-refractivity contribution is -0.131. The van der Waals surface area contributed by atoms with Crippen molar-refractivity contribution in [2.75, 3.05) is 26.2 Å². The fraction of sp³-hybridized carbons (Fsp3) is 0.600. The van der Waals surface area contributed by atoms with Crippen LogP contribution in [-0.4, -0.2) is 54.0 Å². The monoisotopic (exact) mass is 343 g/mol. The summed E-state index contributed by atoms with van der Waals surface area (Å²) in [5.74, 6) is 0.554. The molecule has 5 heteroatoms. The highest BCUT2D eigenvalue weighted by molar-refractivity contribution is 5.78. The number of urea groups is 1. The highest BCUT2D eigenvalue weighted by Gasteiger charge is 2.34. The first-order valence-electron chi connectivity index (χ1n) is 9.54. The van der Waals surface area contributed by atoms with Crippen molar-refractivity contribution in [3.63, 3.8) is 0 Å². The standard InChI is InChI=1S/C20H29N3O2/c1-16-18(17-8-4-2-5-9-17)11-15-23(16)20(25)21-12-10-19(24)22-13-6-3-7-14-22/h2,4-5,8-9,16,18H,3,6-7,10-15H2,1H3,(H,21,25). The zero-order chi connectivity index (χ0) is 17.6. The van der Waals surface area contributed by atoms with E-state index in [1.807, 2.05) is 15.9 Å². The maximum absolute atomic E-state index is 12.5. The van der Waals surface area contributed by atoms with Crippen LogP contribution in [0.1, 0.15) is 50.5 Å². The maximum Gasteiger partial charge on any atom is 0.317 e. The minimum atomic E-state index is -0.0441. The van der Waals surface area contributed by atoms with Gasteiger partial charge in [-0.1, -0.05) is 30.3 Å². The molecule has 1 aromatic rings. The molecule has 2 aliphatic rings. The molecule has 0 saturated carbocycles. The molecule has 2 aliphatic heterocycles. The van der Waals surface area contributed by atoms with Crippen molar-refractivity contribution < 1.29 is 9.59 Å². The Morgan fingerprint density at radius 1 is 1.08 bits per heavy atom. The SMILES string of the molecule is CC1C(c2ccccc2)CCN1C(=O)NCCC(=O)N1CCCCC1. The van der Waals surface area contributed by atoms with Gasteiger partial charge in [0.15, 0.2) is 0 Å². The minimum absolute atomic E-state index is 0.0441. The van der Waals surface area contributed by atoms with Gasteiger partial charge in [-0.2, -0.15) is 0 Å². The van der Waals surface area contributed by atoms with Gasteiger partial charge in [0.1, 0.15) is 0 Å². The van der Waals surface area contributed by atoms with Gasteiger partial charge in [-0.25, -0.2) is 4.79 Å². The molecule has 0 aromatic heterocycles. The van der Waals surface area contributed by atoms with Crippen LogP contribution in [0.25, 0.3) is 0 Å². The van der Waals surface area contributed by atoms with Crippen molar-refractivity contribution in [2.45, 2.75) is 51.0 Å². The van der Waals surface area contributed by atoms with Gasteiger partial charge in [0.2, 0.25) is 5.91 Å². The number of nitrogens with one attached hydrogen (secondary N) is 1. The second-order valence-corrected chi connectivity index (χ2v) is 7.16. The van der Waals surface area contributed by atoms with Crippen LogP contribution in [0.15, 0.2) is 30.3 Å². The molecule has 2 unspecified atom stereocenters. The summed E-state index contributed by atoms with van der Waals surface area (Å²) in [5.41, 5.74) is 1.30. The van der Waals surface area contributed by atoms with E-state index in [-0.39, 0.29) is 18.0 Å². The summed E-state index contributed by atoms with van der Waals surface area (Å²) in [7, 11) is 0. The topological polar surface area (TPSA) is 52.7 Å². The van der Waals surface area contributed by atoms with Crippen molar-refractivity contribution in [2.24, 2.45) is 0 Å². The molecule has 0 bridgehead atoms. The van der Waals surface area contributed by atoms with Crippen LogP contribution >= 0.6 is 0 Å². The van der Waals surface area contributed by atoms with Crippen LogP contribution in [0.5, 0.6) is 0 Å². The number of carbonyl (C=O) groups excluding carboxylic acids is 2. The van der Waals surface area contributed by atoms with E-state index in [9.17, 15) is 9.59 Å². The molecule has 0 aliphatic carbocycles. The molecule has 2 atom stereocenters. The maximum atomic E-state index is 12.5. The lowest BCUT2D eigenvalue weighted by Crippen LogP contribution is -2.44. The van der Waals surface area contributed by atoms with Gasteiger partial charge in [-0.05, 0) is 38.2 Å². The average Bonchev–Trinajstić information content (AvgIpc) is 3.04. The van der Waals surface area contributed by atoms with Crippen LogP contribution in [-0.2, 0) is 4.79 Å². The summed E-state index contributed by atoms with van der Waals surface area (Å²) < 4.78 is 0. The highest BCUT2D eigenvalue weighted by Crippen LogP contribution is 2.33. The molecule has 3 amide bonds. The smallest absolute Gasteiger partial charge is 0.317 e. The zero-order valence-electron chi connectivity index (χ0n) is 15.1. The molecular weight excluding hydrogens is 314 g/mol. The Kier molecular flexibility index (Phi) is 5.95. The predicted molar refractivity (Wildman–Crippen MR) is 98.4 cm³/mol. The third-order valence-corrected chi connectivity index (χ3v) is 5.57. The number of hydrogen-bond donors (Lipinski definition) is 1. The van der Waals surface area contributed by atoms with Crippen molar-refractivity contribution in [3.8, 4) is 0 Å². The highest BCUT2D eigenvalue weighted by atomic mass is 16.2. The number of nitrogens with zero attached hydrogens (tertiary/aromatic N) is 2. The van der Waals surface area contributed by atoms with E-state index >= 15 is 0 Å². The normalized spacial score (nSPS) is 23.6. The first-order chi connectivity index (χ1) is 12.2. The number of likely N-dealkylation sites (tertiary alicyclic amines) is 2. The van der Waals surface area contributed by atoms with Crippen LogP contribution in [0.2, 0.25) is 0 Å². The first kappa shape index (κ1) is 17.8. The van der Waals surface area contributed by atoms with Gasteiger partial charge in [0.05, 0.1) is 0 Å². The molecule has 25 heavy (non-hydrogen) atoms. The Bertz CT molecular complexity index is 584. The van der Waals surface area contributed by atoms with Gasteiger partial charge in [-0.15, -0.1) is 0 Å². The van der Waals surface area contributed by atoms with Crippen molar-refractivity contribution in [1.29, 1.82) is 0 Å². The Balaban J connectivity index is 1.45. The Hall–Kier alpha value is -2.04. The lowest BCUT2D eigenvalue weighted by Gasteiger charge is -2.27. The van der Waals surface area contributed by atoms with Gasteiger partial charge in [0, 0.05) is 44.6 Å². The van der Waals surface area contributed by atoms with Gasteiger partial charge in [-0.3, -0.25) is 4.79 Å². The first-order valence-corrected chi connectivity index (χ1v) is 9.54. The van der Waals surface area contributed by atoms with E-state index in [1.165, 1.54) is 12.0 Å². The number of benzene rings is 1. The largest absolute Gasteiger partial charge is 0.343 e. The van der Waals surface area contributed by atoms with Crippen LogP contribution in [0, 0.1) is 0 Å². The third-order valence-electron chi connectivity index (χ3n) is 5.57. The minimum Gasteiger partial charge on any atom is -0.343 e. The van der Waals surface area contributed by atoms with Gasteiger partial charge < -0.3 is 15.1 Å². The molecule has 0 spiro atoms. The zero-order valence-corrected chi connectivity index (χ0v) is 15.1. The quantitative estimate of drug-likeness (QED) is 0.914. The third kappa shape index (κ3) is 4.33. The molecule has 1 aromatic carbocycles. The summed E-state index contributed by atoms with van der Waals surface area (Å²) in [6.07, 6.45) is 4.81. The number of piperidine rings is 1. The molecule has 5 nitrogen and oxygen atoms in total. The molecule has 2 saturated heterocycles. The number of rotatable bonds is 4. The molecule has 2 heterocycles. The summed E-state index contributed by atoms with van der Waals surface area (Å²) >= 11 is 0. The van der Waals surface area contributed by atoms with Crippen LogP contribution in [0.3, 0.4) is 0 Å². The Morgan fingerprint density at radius 3 is 2.52 bits per heavy atom. The van der Waals surface area contributed by atoms with E-state index in [0.29, 0.717) is 18.9 Å². The number of hydrogen-bond acceptors (Lipinski definition) is 2. The predicted octanol–water partition coefficient (Wildman–Crippen LogP) is 2.98. The molecule has 3 rings (SSSR count). The molecule has 2 fully saturated rings. The van der Waals surface area contributed by atoms with E-state index < -0.39 is 0 Å². The van der Waals surface area contributed by atoms with E-state index in [0.717, 1.165) is 38.9 Å². The number of carbonyl (C=O) groups is 2. The van der Waals surface area contributed by atoms with Gasteiger partial charge >= 0.3 is 6.03 Å². The molecular formula is C20H29N3O2. The second-order valence-electron chi connectivity index (χ2n) is 7.16. The summed E-state index contributed by atoms with van der Waals surface area (Å²) in [5, 5.41) is 2.94. The Morgan fingerprint density at radius 2 is 1.80 bits per heavy atom. The van der Waals surface area contributed by atoms with Crippen molar-refractivity contribution in [3.05, 3.63) is 35.9 Å². The van der Waals surface area contributed by atoms with Crippen LogP contribution in [0.4, 0.5) is 4.79 Å². The van der Waals surface area contributed by atoms with E-state index in [2.05, 4.69) is 36.5 Å². The van der Waals surface area contributed by atoms with Crippen molar-refractivity contribution >= 4 is 11.9 Å². The van der Waals surface area contributed by atoms with E-state index in [4.69, 9.17) is 0 Å². The average molecular weight is 343 g/mol. The molecule has 1 N–H and O–H groups in total. The summed E-state index contributed by atoms with van der Waals surface area (Å²) in [4.78, 5) is 28.5. The second kappa shape index (κ2) is 8.37. The van der Waals surface area contributed by atoms with Crippen molar-refractivity contribution in [1.82, 2.24) is 15.1 Å². The van der Waals surface area contributed by atoms with E-state index in [1.54, 1.807) is 0 Å². The lowest BCUT2D eigenvalue weighted by atomic mass is 9.93. The molecule has 136 valence electrons.